The number of nitrogens with zero attached hydrogens (tertiary/aromatic N) is 3. The van der Waals surface area contributed by atoms with Crippen molar-refractivity contribution >= 4 is 11.3 Å². The average molecular weight is 232 g/mol. The summed E-state index contributed by atoms with van der Waals surface area (Å²) >= 11 is 1.70. The quantitative estimate of drug-likeness (QED) is 0.795. The molecule has 1 unspecified atom stereocenters. The first-order chi connectivity index (χ1) is 7.90. The fourth-order valence-electron chi connectivity index (χ4n) is 1.60. The minimum Gasteiger partial charge on any atom is -0.250 e. The maximum absolute atomic E-state index is 4.28. The van der Waals surface area contributed by atoms with E-state index >= 15 is 0 Å². The zero-order valence-electron chi connectivity index (χ0n) is 9.04. The molecular weight excluding hydrogens is 218 g/mol. The Balaban J connectivity index is 1.96. The molecule has 1 atom stereocenters. The Hall–Kier alpha value is -1.29. The van der Waals surface area contributed by atoms with Crippen LogP contribution in [0.25, 0.3) is 0 Å². The van der Waals surface area contributed by atoms with Crippen LogP contribution in [0.4, 0.5) is 0 Å². The molecule has 3 nitrogen and oxygen atoms in total. The molecule has 0 bridgehead atoms. The van der Waals surface area contributed by atoms with Crippen molar-refractivity contribution in [2.24, 2.45) is 0 Å². The molecule has 2 aromatic heterocycles. The summed E-state index contributed by atoms with van der Waals surface area (Å²) in [5.41, 5.74) is 0. The van der Waals surface area contributed by atoms with Crippen LogP contribution >= 0.6 is 11.3 Å². The Morgan fingerprint density at radius 1 is 1.19 bits per heavy atom. The fourth-order valence-corrected chi connectivity index (χ4v) is 2.23. The van der Waals surface area contributed by atoms with Crippen LogP contribution in [0, 0.1) is 6.92 Å². The third kappa shape index (κ3) is 2.85. The Morgan fingerprint density at radius 2 is 2.00 bits per heavy atom. The van der Waals surface area contributed by atoms with E-state index in [4.69, 9.17) is 0 Å². The standard InChI is InChI=1S/C12H14N3S/c1-2-10(12-14-6-3-7-15-12)4-5-11-13-8-9-16-11/h3,6-10H,1-2,4-5H2. The summed E-state index contributed by atoms with van der Waals surface area (Å²) in [6.07, 6.45) is 8.24. The van der Waals surface area contributed by atoms with Crippen molar-refractivity contribution < 1.29 is 0 Å². The van der Waals surface area contributed by atoms with E-state index in [0.717, 1.165) is 25.1 Å². The highest BCUT2D eigenvalue weighted by Crippen LogP contribution is 2.21. The van der Waals surface area contributed by atoms with E-state index in [2.05, 4.69) is 21.9 Å². The van der Waals surface area contributed by atoms with Crippen molar-refractivity contribution in [1.29, 1.82) is 0 Å². The monoisotopic (exact) mass is 232 g/mol. The van der Waals surface area contributed by atoms with E-state index in [1.165, 1.54) is 5.01 Å². The fraction of sp³-hybridized carbons (Fsp3) is 0.333. The highest BCUT2D eigenvalue weighted by Gasteiger charge is 2.12. The van der Waals surface area contributed by atoms with E-state index < -0.39 is 0 Å². The van der Waals surface area contributed by atoms with Crippen LogP contribution in [0.3, 0.4) is 0 Å². The molecule has 2 aromatic rings. The molecule has 2 heterocycles. The number of hydrogen-bond acceptors (Lipinski definition) is 4. The van der Waals surface area contributed by atoms with Crippen molar-refractivity contribution in [3.05, 3.63) is 47.8 Å². The summed E-state index contributed by atoms with van der Waals surface area (Å²) in [6, 6.07) is 1.84. The first-order valence-corrected chi connectivity index (χ1v) is 6.22. The minimum atomic E-state index is 0.338. The van der Waals surface area contributed by atoms with Gasteiger partial charge in [-0.05, 0) is 25.3 Å². The van der Waals surface area contributed by atoms with Gasteiger partial charge in [-0.25, -0.2) is 15.0 Å². The lowest BCUT2D eigenvalue weighted by atomic mass is 9.99. The molecule has 0 saturated heterocycles. The van der Waals surface area contributed by atoms with Gasteiger partial charge in [-0.1, -0.05) is 6.92 Å². The first-order valence-electron chi connectivity index (χ1n) is 5.34. The van der Waals surface area contributed by atoms with E-state index in [9.17, 15) is 0 Å². The van der Waals surface area contributed by atoms with Gasteiger partial charge in [0, 0.05) is 29.9 Å². The van der Waals surface area contributed by atoms with Crippen LogP contribution in [0.15, 0.2) is 30.0 Å². The van der Waals surface area contributed by atoms with Crippen molar-refractivity contribution in [3.63, 3.8) is 0 Å². The van der Waals surface area contributed by atoms with Crippen LogP contribution in [0.1, 0.15) is 29.6 Å². The van der Waals surface area contributed by atoms with Crippen LogP contribution in [0.5, 0.6) is 0 Å². The molecule has 0 fully saturated rings. The number of thiazole rings is 1. The largest absolute Gasteiger partial charge is 0.250 e. The average Bonchev–Trinajstić information content (AvgIpc) is 2.84. The molecule has 0 saturated carbocycles. The van der Waals surface area contributed by atoms with Gasteiger partial charge in [-0.3, -0.25) is 0 Å². The van der Waals surface area contributed by atoms with E-state index in [1.54, 1.807) is 23.7 Å². The van der Waals surface area contributed by atoms with Gasteiger partial charge in [0.15, 0.2) is 0 Å². The number of aromatic nitrogens is 3. The number of rotatable bonds is 5. The summed E-state index contributed by atoms with van der Waals surface area (Å²) in [6.45, 7) is 3.97. The maximum atomic E-state index is 4.28. The predicted molar refractivity (Wildman–Crippen MR) is 65.2 cm³/mol. The van der Waals surface area contributed by atoms with Crippen LogP contribution in [-0.4, -0.2) is 15.0 Å². The molecule has 4 heteroatoms. The summed E-state index contributed by atoms with van der Waals surface area (Å²) in [4.78, 5) is 12.8. The lowest BCUT2D eigenvalue weighted by Gasteiger charge is -2.11. The highest BCUT2D eigenvalue weighted by atomic mass is 32.1. The highest BCUT2D eigenvalue weighted by molar-refractivity contribution is 7.09. The van der Waals surface area contributed by atoms with Crippen molar-refractivity contribution in [3.8, 4) is 0 Å². The van der Waals surface area contributed by atoms with Gasteiger partial charge in [-0.15, -0.1) is 11.3 Å². The topological polar surface area (TPSA) is 38.7 Å². The molecule has 0 spiro atoms. The van der Waals surface area contributed by atoms with E-state index in [-0.39, 0.29) is 0 Å². The number of aryl methyl sites for hydroxylation is 1. The third-order valence-electron chi connectivity index (χ3n) is 2.49. The zero-order chi connectivity index (χ0) is 11.2. The maximum Gasteiger partial charge on any atom is 0.131 e. The SMILES string of the molecule is [CH2]CC(CCc1nccs1)c1ncccn1. The second-order valence-electron chi connectivity index (χ2n) is 3.56. The molecule has 0 aliphatic carbocycles. The third-order valence-corrected chi connectivity index (χ3v) is 3.33. The lowest BCUT2D eigenvalue weighted by molar-refractivity contribution is 0.593. The van der Waals surface area contributed by atoms with Crippen LogP contribution < -0.4 is 0 Å². The van der Waals surface area contributed by atoms with Crippen molar-refractivity contribution in [1.82, 2.24) is 15.0 Å². The van der Waals surface area contributed by atoms with Gasteiger partial charge in [-0.2, -0.15) is 0 Å². The molecule has 0 aromatic carbocycles. The Labute approximate surface area is 99.6 Å². The second kappa shape index (κ2) is 5.70. The summed E-state index contributed by atoms with van der Waals surface area (Å²) in [5.74, 6) is 1.24. The van der Waals surface area contributed by atoms with E-state index in [1.807, 2.05) is 17.6 Å². The molecule has 16 heavy (non-hydrogen) atoms. The van der Waals surface area contributed by atoms with Crippen LogP contribution in [-0.2, 0) is 6.42 Å². The minimum absolute atomic E-state index is 0.338. The van der Waals surface area contributed by atoms with Crippen LogP contribution in [0.2, 0.25) is 0 Å². The molecule has 1 radical (unpaired) electrons. The normalized spacial score (nSPS) is 12.6. The van der Waals surface area contributed by atoms with Gasteiger partial charge in [0.05, 0.1) is 5.01 Å². The smallest absolute Gasteiger partial charge is 0.131 e. The summed E-state index contributed by atoms with van der Waals surface area (Å²) in [5, 5.41) is 3.18. The van der Waals surface area contributed by atoms with Gasteiger partial charge < -0.3 is 0 Å². The molecule has 2 rings (SSSR count). The van der Waals surface area contributed by atoms with Crippen molar-refractivity contribution in [2.45, 2.75) is 25.2 Å². The lowest BCUT2D eigenvalue weighted by Crippen LogP contribution is -2.04. The van der Waals surface area contributed by atoms with E-state index in [0.29, 0.717) is 5.92 Å². The molecule has 0 aliphatic rings. The molecule has 83 valence electrons. The molecule has 0 aliphatic heterocycles. The Kier molecular flexibility index (Phi) is 3.99. The Bertz CT molecular complexity index is 399. The molecule has 0 N–H and O–H groups in total. The summed E-state index contributed by atoms with van der Waals surface area (Å²) < 4.78 is 0. The van der Waals surface area contributed by atoms with Crippen molar-refractivity contribution in [2.75, 3.05) is 0 Å². The van der Waals surface area contributed by atoms with Gasteiger partial charge >= 0.3 is 0 Å². The zero-order valence-corrected chi connectivity index (χ0v) is 9.86. The second-order valence-corrected chi connectivity index (χ2v) is 4.54. The molecular formula is C12H14N3S. The Morgan fingerprint density at radius 3 is 2.62 bits per heavy atom. The first kappa shape index (κ1) is 11.2. The summed E-state index contributed by atoms with van der Waals surface area (Å²) in [7, 11) is 0. The van der Waals surface area contributed by atoms with Gasteiger partial charge in [0.1, 0.15) is 5.82 Å². The molecule has 0 amide bonds. The van der Waals surface area contributed by atoms with Gasteiger partial charge in [0.25, 0.3) is 0 Å². The van der Waals surface area contributed by atoms with Gasteiger partial charge in [0.2, 0.25) is 0 Å². The predicted octanol–water partition coefficient (Wildman–Crippen LogP) is 2.87. The number of hydrogen-bond donors (Lipinski definition) is 0.